The Kier molecular flexibility index (Phi) is 11.6. The largest absolute Gasteiger partial charge is 0.475 e. The predicted molar refractivity (Wildman–Crippen MR) is 135 cm³/mol. The molecule has 0 radical (unpaired) electrons. The number of hydrogen-bond donors (Lipinski definition) is 2. The lowest BCUT2D eigenvalue weighted by Gasteiger charge is -2.25. The summed E-state index contributed by atoms with van der Waals surface area (Å²) in [5.74, 6) is 1.41. The first-order chi connectivity index (χ1) is 14.8. The summed E-state index contributed by atoms with van der Waals surface area (Å²) >= 11 is 0. The maximum atomic E-state index is 5.71. The quantitative estimate of drug-likeness (QED) is 0.210. The van der Waals surface area contributed by atoms with Gasteiger partial charge in [0.2, 0.25) is 5.88 Å². The van der Waals surface area contributed by atoms with Crippen LogP contribution in [0, 0.1) is 0 Å². The number of nitrogens with one attached hydrogen (secondary N) is 2. The molecule has 0 amide bonds. The molecule has 2 heterocycles. The van der Waals surface area contributed by atoms with E-state index in [-0.39, 0.29) is 24.0 Å². The Morgan fingerprint density at radius 1 is 1.16 bits per heavy atom. The highest BCUT2D eigenvalue weighted by atomic mass is 127. The van der Waals surface area contributed by atoms with Crippen molar-refractivity contribution in [3.8, 4) is 5.88 Å². The van der Waals surface area contributed by atoms with E-state index in [0.29, 0.717) is 31.7 Å². The highest BCUT2D eigenvalue weighted by Gasteiger charge is 2.24. The Morgan fingerprint density at radius 2 is 2.00 bits per heavy atom. The summed E-state index contributed by atoms with van der Waals surface area (Å²) in [7, 11) is 3.45. The van der Waals surface area contributed by atoms with Crippen molar-refractivity contribution in [1.82, 2.24) is 20.5 Å². The third-order valence-corrected chi connectivity index (χ3v) is 5.28. The normalized spacial score (nSPS) is 16.6. The molecule has 1 unspecified atom stereocenters. The number of rotatable bonds is 10. The molecule has 2 aromatic rings. The number of benzene rings is 1. The molecule has 1 aliphatic rings. The number of likely N-dealkylation sites (tertiary alicyclic amines) is 1. The van der Waals surface area contributed by atoms with Gasteiger partial charge in [-0.05, 0) is 31.0 Å². The monoisotopic (exact) mass is 539 g/mol. The average Bonchev–Trinajstić information content (AvgIpc) is 3.22. The minimum absolute atomic E-state index is 0. The summed E-state index contributed by atoms with van der Waals surface area (Å²) in [6.45, 7) is 4.62. The Bertz CT molecular complexity index is 791. The van der Waals surface area contributed by atoms with Gasteiger partial charge in [-0.1, -0.05) is 36.4 Å². The van der Waals surface area contributed by atoms with E-state index in [0.717, 1.165) is 31.2 Å². The van der Waals surface area contributed by atoms with Gasteiger partial charge in [0.05, 0.1) is 6.61 Å². The molecule has 0 aliphatic carbocycles. The topological polar surface area (TPSA) is 71.0 Å². The number of aliphatic imine (C=N–C) groups is 1. The Balaban J connectivity index is 0.00000341. The number of aromatic nitrogens is 1. The van der Waals surface area contributed by atoms with Crippen molar-refractivity contribution in [2.75, 3.05) is 40.5 Å². The fraction of sp³-hybridized carbons (Fsp3) is 0.478. The first kappa shape index (κ1) is 25.4. The molecule has 1 aromatic heterocycles. The van der Waals surface area contributed by atoms with E-state index >= 15 is 0 Å². The van der Waals surface area contributed by atoms with Crippen LogP contribution in [0.1, 0.15) is 24.0 Å². The molecule has 8 heteroatoms. The minimum atomic E-state index is 0. The van der Waals surface area contributed by atoms with E-state index in [1.54, 1.807) is 20.4 Å². The van der Waals surface area contributed by atoms with Crippen molar-refractivity contribution < 1.29 is 9.47 Å². The SMILES string of the molecule is CN=C(NCc1cccnc1OCCOC)NCC1CCCN1Cc1ccccc1.I. The molecule has 7 nitrogen and oxygen atoms in total. The first-order valence-corrected chi connectivity index (χ1v) is 10.6. The van der Waals surface area contributed by atoms with Crippen LogP contribution in [-0.4, -0.2) is 62.3 Å². The predicted octanol–water partition coefficient (Wildman–Crippen LogP) is 3.05. The molecule has 0 spiro atoms. The van der Waals surface area contributed by atoms with Gasteiger partial charge in [0.15, 0.2) is 5.96 Å². The maximum Gasteiger partial charge on any atom is 0.218 e. The van der Waals surface area contributed by atoms with Gasteiger partial charge >= 0.3 is 0 Å². The van der Waals surface area contributed by atoms with Crippen molar-refractivity contribution in [3.05, 3.63) is 59.8 Å². The van der Waals surface area contributed by atoms with Crippen LogP contribution >= 0.6 is 24.0 Å². The van der Waals surface area contributed by atoms with E-state index in [2.05, 4.69) is 55.8 Å². The van der Waals surface area contributed by atoms with Gasteiger partial charge < -0.3 is 20.1 Å². The molecule has 1 saturated heterocycles. The Labute approximate surface area is 202 Å². The fourth-order valence-electron chi connectivity index (χ4n) is 3.68. The van der Waals surface area contributed by atoms with E-state index < -0.39 is 0 Å². The van der Waals surface area contributed by atoms with Crippen LogP contribution in [0.5, 0.6) is 5.88 Å². The average molecular weight is 539 g/mol. The van der Waals surface area contributed by atoms with Gasteiger partial charge in [-0.25, -0.2) is 4.98 Å². The molecule has 0 saturated carbocycles. The molecule has 31 heavy (non-hydrogen) atoms. The zero-order valence-corrected chi connectivity index (χ0v) is 20.7. The summed E-state index contributed by atoms with van der Waals surface area (Å²) in [4.78, 5) is 11.3. The van der Waals surface area contributed by atoms with E-state index in [1.165, 1.54) is 18.4 Å². The fourth-order valence-corrected chi connectivity index (χ4v) is 3.68. The van der Waals surface area contributed by atoms with Crippen LogP contribution in [0.25, 0.3) is 0 Å². The van der Waals surface area contributed by atoms with Crippen LogP contribution in [0.15, 0.2) is 53.7 Å². The van der Waals surface area contributed by atoms with Crippen LogP contribution < -0.4 is 15.4 Å². The zero-order valence-electron chi connectivity index (χ0n) is 18.4. The Hall–Kier alpha value is -1.91. The van der Waals surface area contributed by atoms with Crippen molar-refractivity contribution in [1.29, 1.82) is 0 Å². The molecule has 1 atom stereocenters. The second-order valence-electron chi connectivity index (χ2n) is 7.37. The number of ether oxygens (including phenoxy) is 2. The number of hydrogen-bond acceptors (Lipinski definition) is 5. The van der Waals surface area contributed by atoms with Crippen LogP contribution in [0.3, 0.4) is 0 Å². The van der Waals surface area contributed by atoms with Crippen LogP contribution in [-0.2, 0) is 17.8 Å². The molecule has 1 aromatic carbocycles. The maximum absolute atomic E-state index is 5.71. The van der Waals surface area contributed by atoms with E-state index in [4.69, 9.17) is 9.47 Å². The number of guanidine groups is 1. The third kappa shape index (κ3) is 8.27. The summed E-state index contributed by atoms with van der Waals surface area (Å²) < 4.78 is 10.8. The molecular formula is C23H34IN5O2. The van der Waals surface area contributed by atoms with Crippen molar-refractivity contribution in [2.45, 2.75) is 32.0 Å². The number of methoxy groups -OCH3 is 1. The summed E-state index contributed by atoms with van der Waals surface area (Å²) in [6, 6.07) is 15.1. The van der Waals surface area contributed by atoms with Gasteiger partial charge in [-0.15, -0.1) is 24.0 Å². The lowest BCUT2D eigenvalue weighted by atomic mass is 10.2. The first-order valence-electron chi connectivity index (χ1n) is 10.6. The third-order valence-electron chi connectivity index (χ3n) is 5.28. The molecule has 170 valence electrons. The minimum Gasteiger partial charge on any atom is -0.475 e. The Morgan fingerprint density at radius 3 is 2.77 bits per heavy atom. The summed E-state index contributed by atoms with van der Waals surface area (Å²) in [5, 5.41) is 6.86. The van der Waals surface area contributed by atoms with Crippen molar-refractivity contribution in [2.24, 2.45) is 4.99 Å². The molecule has 1 fully saturated rings. The molecular weight excluding hydrogens is 505 g/mol. The smallest absolute Gasteiger partial charge is 0.218 e. The van der Waals surface area contributed by atoms with Gasteiger partial charge in [0.1, 0.15) is 6.61 Å². The van der Waals surface area contributed by atoms with Gasteiger partial charge in [0.25, 0.3) is 0 Å². The molecule has 3 rings (SSSR count). The van der Waals surface area contributed by atoms with E-state index in [1.807, 2.05) is 12.1 Å². The zero-order chi connectivity index (χ0) is 21.0. The standard InChI is InChI=1S/C23H33N5O2.HI/c1-24-23(26-16-20-10-6-12-25-22(20)30-15-14-29-2)27-17-21-11-7-13-28(21)18-19-8-4-3-5-9-19;/h3-6,8-10,12,21H,7,11,13-18H2,1-2H3,(H2,24,26,27);1H. The van der Waals surface area contributed by atoms with Gasteiger partial charge in [0, 0.05) is 51.6 Å². The highest BCUT2D eigenvalue weighted by Crippen LogP contribution is 2.19. The van der Waals surface area contributed by atoms with Gasteiger partial charge in [-0.2, -0.15) is 0 Å². The van der Waals surface area contributed by atoms with Gasteiger partial charge in [-0.3, -0.25) is 9.89 Å². The highest BCUT2D eigenvalue weighted by molar-refractivity contribution is 14.0. The van der Waals surface area contributed by atoms with Crippen LogP contribution in [0.2, 0.25) is 0 Å². The van der Waals surface area contributed by atoms with Crippen LogP contribution in [0.4, 0.5) is 0 Å². The lowest BCUT2D eigenvalue weighted by molar-refractivity contribution is 0.143. The molecule has 2 N–H and O–H groups in total. The summed E-state index contributed by atoms with van der Waals surface area (Å²) in [6.07, 6.45) is 4.18. The summed E-state index contributed by atoms with van der Waals surface area (Å²) in [5.41, 5.74) is 2.35. The number of pyridine rings is 1. The molecule has 0 bridgehead atoms. The van der Waals surface area contributed by atoms with E-state index in [9.17, 15) is 0 Å². The van der Waals surface area contributed by atoms with Crippen molar-refractivity contribution >= 4 is 29.9 Å². The second-order valence-corrected chi connectivity index (χ2v) is 7.37. The second kappa shape index (κ2) is 14.2. The lowest BCUT2D eigenvalue weighted by Crippen LogP contribution is -2.44. The number of nitrogens with zero attached hydrogens (tertiary/aromatic N) is 3. The number of halogens is 1. The van der Waals surface area contributed by atoms with Crippen molar-refractivity contribution in [3.63, 3.8) is 0 Å². The molecule has 1 aliphatic heterocycles.